The third kappa shape index (κ3) is 3.98. The van der Waals surface area contributed by atoms with Crippen LogP contribution in [0.3, 0.4) is 0 Å². The summed E-state index contributed by atoms with van der Waals surface area (Å²) in [6.45, 7) is 2.15. The predicted molar refractivity (Wildman–Crippen MR) is 85.5 cm³/mol. The highest BCUT2D eigenvalue weighted by Gasteiger charge is 2.05. The molecule has 0 aliphatic rings. The molecule has 21 heavy (non-hydrogen) atoms. The van der Waals surface area contributed by atoms with Crippen LogP contribution in [0.1, 0.15) is 18.1 Å². The van der Waals surface area contributed by atoms with Crippen LogP contribution in [-0.4, -0.2) is 18.0 Å². The summed E-state index contributed by atoms with van der Waals surface area (Å²) >= 11 is 3.44. The zero-order valence-electron chi connectivity index (χ0n) is 11.8. The molecule has 0 bridgehead atoms. The Morgan fingerprint density at radius 1 is 1.19 bits per heavy atom. The minimum absolute atomic E-state index is 0.412. The molecule has 4 nitrogen and oxygen atoms in total. The van der Waals surface area contributed by atoms with Crippen LogP contribution < -0.4 is 9.47 Å². The fraction of sp³-hybridized carbons (Fsp3) is 0.188. The van der Waals surface area contributed by atoms with Crippen LogP contribution >= 0.6 is 15.9 Å². The van der Waals surface area contributed by atoms with Gasteiger partial charge in [-0.25, -0.2) is 0 Å². The van der Waals surface area contributed by atoms with Crippen molar-refractivity contribution in [2.45, 2.75) is 13.5 Å². The second kappa shape index (κ2) is 7.13. The molecule has 0 saturated heterocycles. The number of ether oxygens (including phenoxy) is 2. The number of benzene rings is 2. The fourth-order valence-electron chi connectivity index (χ4n) is 1.87. The van der Waals surface area contributed by atoms with Crippen molar-refractivity contribution in [2.75, 3.05) is 7.11 Å². The van der Waals surface area contributed by atoms with E-state index in [4.69, 9.17) is 14.7 Å². The van der Waals surface area contributed by atoms with Gasteiger partial charge in [-0.05, 0) is 55.0 Å². The lowest BCUT2D eigenvalue weighted by atomic mass is 10.1. The van der Waals surface area contributed by atoms with E-state index in [-0.39, 0.29) is 0 Å². The van der Waals surface area contributed by atoms with E-state index in [1.165, 1.54) is 0 Å². The van der Waals surface area contributed by atoms with Gasteiger partial charge in [0.1, 0.15) is 18.1 Å². The van der Waals surface area contributed by atoms with E-state index in [0.717, 1.165) is 27.1 Å². The first-order valence-corrected chi connectivity index (χ1v) is 7.17. The van der Waals surface area contributed by atoms with Gasteiger partial charge in [-0.15, -0.1) is 0 Å². The third-order valence-electron chi connectivity index (χ3n) is 3.06. The molecule has 2 aromatic rings. The number of methoxy groups -OCH3 is 1. The third-order valence-corrected chi connectivity index (χ3v) is 3.55. The van der Waals surface area contributed by atoms with Crippen molar-refractivity contribution in [1.29, 1.82) is 0 Å². The van der Waals surface area contributed by atoms with Gasteiger partial charge in [0.2, 0.25) is 0 Å². The van der Waals surface area contributed by atoms with Gasteiger partial charge in [0, 0.05) is 10.0 Å². The van der Waals surface area contributed by atoms with Crippen molar-refractivity contribution in [3.63, 3.8) is 0 Å². The molecular weight excluding hydrogens is 334 g/mol. The average molecular weight is 350 g/mol. The summed E-state index contributed by atoms with van der Waals surface area (Å²) in [5, 5.41) is 11.9. The molecule has 2 aromatic carbocycles. The van der Waals surface area contributed by atoms with Crippen LogP contribution in [0.25, 0.3) is 0 Å². The Hall–Kier alpha value is -2.01. The molecule has 0 aliphatic carbocycles. The van der Waals surface area contributed by atoms with Crippen LogP contribution in [0.15, 0.2) is 52.1 Å². The van der Waals surface area contributed by atoms with E-state index >= 15 is 0 Å². The van der Waals surface area contributed by atoms with Crippen molar-refractivity contribution in [3.05, 3.63) is 58.1 Å². The Kier molecular flexibility index (Phi) is 5.22. The van der Waals surface area contributed by atoms with E-state index < -0.39 is 0 Å². The molecule has 0 fully saturated rings. The zero-order chi connectivity index (χ0) is 15.2. The highest BCUT2D eigenvalue weighted by atomic mass is 79.9. The first-order valence-electron chi connectivity index (χ1n) is 6.38. The van der Waals surface area contributed by atoms with Gasteiger partial charge in [0.05, 0.1) is 12.8 Å². The number of rotatable bonds is 5. The lowest BCUT2D eigenvalue weighted by Crippen LogP contribution is -1.99. The van der Waals surface area contributed by atoms with Crippen LogP contribution in [-0.2, 0) is 6.61 Å². The normalized spacial score (nSPS) is 11.3. The molecule has 0 aliphatic heterocycles. The minimum atomic E-state index is 0.412. The van der Waals surface area contributed by atoms with Crippen LogP contribution in [0.4, 0.5) is 0 Å². The van der Waals surface area contributed by atoms with E-state index in [1.807, 2.05) is 42.5 Å². The minimum Gasteiger partial charge on any atom is -0.496 e. The number of nitrogens with zero attached hydrogens (tertiary/aromatic N) is 1. The SMILES string of the molecule is COc1ccc(Br)cc1COc1ccc(C(C)=NO)cc1. The molecule has 1 N–H and O–H groups in total. The van der Waals surface area contributed by atoms with Crippen molar-refractivity contribution in [1.82, 2.24) is 0 Å². The topological polar surface area (TPSA) is 51.0 Å². The maximum Gasteiger partial charge on any atom is 0.125 e. The molecule has 0 aromatic heterocycles. The van der Waals surface area contributed by atoms with Gasteiger partial charge in [-0.1, -0.05) is 21.1 Å². The molecule has 110 valence electrons. The van der Waals surface area contributed by atoms with E-state index in [2.05, 4.69) is 21.1 Å². The molecule has 2 rings (SSSR count). The number of halogens is 1. The Morgan fingerprint density at radius 2 is 1.90 bits per heavy atom. The molecular formula is C16H16BrNO3. The van der Waals surface area contributed by atoms with Crippen LogP contribution in [0, 0.1) is 0 Å². The number of hydrogen-bond donors (Lipinski definition) is 1. The Labute approximate surface area is 132 Å². The second-order valence-electron chi connectivity index (χ2n) is 4.45. The molecule has 5 heteroatoms. The fourth-order valence-corrected chi connectivity index (χ4v) is 2.28. The van der Waals surface area contributed by atoms with E-state index in [9.17, 15) is 0 Å². The maximum atomic E-state index is 8.73. The summed E-state index contributed by atoms with van der Waals surface area (Å²) < 4.78 is 12.0. The van der Waals surface area contributed by atoms with Gasteiger partial charge in [-0.3, -0.25) is 0 Å². The first kappa shape index (κ1) is 15.4. The number of oxime groups is 1. The van der Waals surface area contributed by atoms with Gasteiger partial charge in [0.15, 0.2) is 0 Å². The lowest BCUT2D eigenvalue weighted by Gasteiger charge is -2.11. The largest absolute Gasteiger partial charge is 0.496 e. The molecule has 0 saturated carbocycles. The number of hydrogen-bond acceptors (Lipinski definition) is 4. The van der Waals surface area contributed by atoms with Crippen LogP contribution in [0.2, 0.25) is 0 Å². The quantitative estimate of drug-likeness (QED) is 0.499. The Bertz CT molecular complexity index is 638. The summed E-state index contributed by atoms with van der Waals surface area (Å²) in [6, 6.07) is 13.2. The van der Waals surface area contributed by atoms with Crippen molar-refractivity contribution in [2.24, 2.45) is 5.16 Å². The van der Waals surface area contributed by atoms with Gasteiger partial charge in [0.25, 0.3) is 0 Å². The van der Waals surface area contributed by atoms with Gasteiger partial charge < -0.3 is 14.7 Å². The van der Waals surface area contributed by atoms with Crippen molar-refractivity contribution >= 4 is 21.6 Å². The predicted octanol–water partition coefficient (Wildman–Crippen LogP) is 4.23. The highest BCUT2D eigenvalue weighted by molar-refractivity contribution is 9.10. The molecule has 0 heterocycles. The molecule has 0 atom stereocenters. The second-order valence-corrected chi connectivity index (χ2v) is 5.37. The molecule has 0 unspecified atom stereocenters. The van der Waals surface area contributed by atoms with Crippen molar-refractivity contribution < 1.29 is 14.7 Å². The van der Waals surface area contributed by atoms with Gasteiger partial charge in [-0.2, -0.15) is 0 Å². The summed E-state index contributed by atoms with van der Waals surface area (Å²) in [5.41, 5.74) is 2.38. The molecule has 0 radical (unpaired) electrons. The smallest absolute Gasteiger partial charge is 0.125 e. The molecule has 0 spiro atoms. The van der Waals surface area contributed by atoms with E-state index in [0.29, 0.717) is 12.3 Å². The summed E-state index contributed by atoms with van der Waals surface area (Å²) in [5.74, 6) is 1.53. The monoisotopic (exact) mass is 349 g/mol. The highest BCUT2D eigenvalue weighted by Crippen LogP contribution is 2.24. The molecule has 0 amide bonds. The summed E-state index contributed by atoms with van der Waals surface area (Å²) in [7, 11) is 1.64. The Balaban J connectivity index is 2.08. The van der Waals surface area contributed by atoms with Gasteiger partial charge >= 0.3 is 0 Å². The summed E-state index contributed by atoms with van der Waals surface area (Å²) in [4.78, 5) is 0. The summed E-state index contributed by atoms with van der Waals surface area (Å²) in [6.07, 6.45) is 0. The lowest BCUT2D eigenvalue weighted by molar-refractivity contribution is 0.296. The average Bonchev–Trinajstić information content (AvgIpc) is 2.52. The first-order chi connectivity index (χ1) is 10.1. The van der Waals surface area contributed by atoms with E-state index in [1.54, 1.807) is 14.0 Å². The Morgan fingerprint density at radius 3 is 2.52 bits per heavy atom. The standard InChI is InChI=1S/C16H16BrNO3/c1-11(18-19)12-3-6-15(7-4-12)21-10-13-9-14(17)5-8-16(13)20-2/h3-9,19H,10H2,1-2H3. The van der Waals surface area contributed by atoms with Crippen LogP contribution in [0.5, 0.6) is 11.5 Å². The zero-order valence-corrected chi connectivity index (χ0v) is 13.4. The maximum absolute atomic E-state index is 8.73. The van der Waals surface area contributed by atoms with Crippen molar-refractivity contribution in [3.8, 4) is 11.5 Å².